The van der Waals surface area contributed by atoms with Gasteiger partial charge in [-0.15, -0.1) is 0 Å². The van der Waals surface area contributed by atoms with E-state index in [4.69, 9.17) is 0 Å². The minimum atomic E-state index is -4.84. The number of aromatic nitrogens is 2. The van der Waals surface area contributed by atoms with Gasteiger partial charge in [-0.25, -0.2) is 8.42 Å². The number of carboxylic acids is 1. The van der Waals surface area contributed by atoms with Crippen molar-refractivity contribution in [3.63, 3.8) is 0 Å². The van der Waals surface area contributed by atoms with E-state index >= 15 is 0 Å². The molecule has 2 aliphatic carbocycles. The van der Waals surface area contributed by atoms with Gasteiger partial charge in [0.05, 0.1) is 11.3 Å². The number of allylic oxidation sites excluding steroid dienone is 2. The van der Waals surface area contributed by atoms with Crippen LogP contribution in [0.5, 0.6) is 0 Å². The monoisotopic (exact) mass is 390 g/mol. The van der Waals surface area contributed by atoms with Crippen molar-refractivity contribution in [2.75, 3.05) is 6.26 Å². The first kappa shape index (κ1) is 18.7. The van der Waals surface area contributed by atoms with Gasteiger partial charge in [-0.05, 0) is 37.3 Å². The standard InChI is InChI=1S/C16H17F3N2O4S/c1-15(14(22)23)7-9(10-5-6-20-21-10)12(16(17,18)19)11(8-3-4-8)13(15)26(2,24)25/h5-8,13H,3-4H2,1-2H3,(H,20,21)(H,22,23). The summed E-state index contributed by atoms with van der Waals surface area (Å²) in [6, 6.07) is 1.30. The highest BCUT2D eigenvalue weighted by atomic mass is 32.2. The molecule has 26 heavy (non-hydrogen) atoms. The zero-order chi connectivity index (χ0) is 19.5. The quantitative estimate of drug-likeness (QED) is 0.823. The number of rotatable bonds is 4. The zero-order valence-electron chi connectivity index (χ0n) is 14.0. The summed E-state index contributed by atoms with van der Waals surface area (Å²) < 4.78 is 66.7. The first-order valence-corrected chi connectivity index (χ1v) is 9.79. The van der Waals surface area contributed by atoms with Crippen molar-refractivity contribution in [1.82, 2.24) is 10.2 Å². The number of H-pyrrole nitrogens is 1. The summed E-state index contributed by atoms with van der Waals surface area (Å²) in [4.78, 5) is 12.0. The lowest BCUT2D eigenvalue weighted by atomic mass is 9.72. The number of alkyl halides is 3. The van der Waals surface area contributed by atoms with Crippen molar-refractivity contribution in [3.8, 4) is 0 Å². The molecule has 1 heterocycles. The van der Waals surface area contributed by atoms with E-state index in [1.54, 1.807) is 0 Å². The van der Waals surface area contributed by atoms with Crippen LogP contribution in [0.4, 0.5) is 13.2 Å². The van der Waals surface area contributed by atoms with Crippen molar-refractivity contribution >= 4 is 21.4 Å². The van der Waals surface area contributed by atoms with E-state index in [2.05, 4.69) is 10.2 Å². The maximum Gasteiger partial charge on any atom is 0.417 e. The van der Waals surface area contributed by atoms with Gasteiger partial charge in [0, 0.05) is 18.0 Å². The van der Waals surface area contributed by atoms with Crippen LogP contribution in [0.15, 0.2) is 29.5 Å². The average molecular weight is 390 g/mol. The number of nitrogens with one attached hydrogen (secondary N) is 1. The highest BCUT2D eigenvalue weighted by Gasteiger charge is 2.58. The summed E-state index contributed by atoms with van der Waals surface area (Å²) in [6.45, 7) is 1.15. The van der Waals surface area contributed by atoms with E-state index in [1.165, 1.54) is 12.3 Å². The molecule has 0 aromatic carbocycles. The number of halogens is 3. The van der Waals surface area contributed by atoms with Gasteiger partial charge < -0.3 is 5.11 Å². The molecule has 0 saturated heterocycles. The molecule has 10 heteroatoms. The number of hydrogen-bond donors (Lipinski definition) is 2. The lowest BCUT2D eigenvalue weighted by Gasteiger charge is -2.39. The fourth-order valence-corrected chi connectivity index (χ4v) is 5.48. The van der Waals surface area contributed by atoms with Gasteiger partial charge in [-0.3, -0.25) is 9.89 Å². The van der Waals surface area contributed by atoms with Crippen LogP contribution in [0.3, 0.4) is 0 Å². The van der Waals surface area contributed by atoms with Crippen LogP contribution >= 0.6 is 0 Å². The Bertz CT molecular complexity index is 912. The molecule has 1 aromatic heterocycles. The molecular formula is C16H17F3N2O4S. The Kier molecular flexibility index (Phi) is 4.10. The summed E-state index contributed by atoms with van der Waals surface area (Å²) in [7, 11) is -4.13. The van der Waals surface area contributed by atoms with Crippen LogP contribution in [-0.2, 0) is 14.6 Å². The molecule has 2 atom stereocenters. The zero-order valence-corrected chi connectivity index (χ0v) is 14.8. The number of carbonyl (C=O) groups is 1. The van der Waals surface area contributed by atoms with Gasteiger partial charge >= 0.3 is 12.1 Å². The van der Waals surface area contributed by atoms with Gasteiger partial charge in [-0.2, -0.15) is 18.3 Å². The summed E-state index contributed by atoms with van der Waals surface area (Å²) in [5.74, 6) is -2.10. The first-order chi connectivity index (χ1) is 11.9. The molecule has 3 rings (SSSR count). The lowest BCUT2D eigenvalue weighted by Crippen LogP contribution is -2.48. The van der Waals surface area contributed by atoms with E-state index in [9.17, 15) is 31.5 Å². The van der Waals surface area contributed by atoms with Crippen LogP contribution in [0.2, 0.25) is 0 Å². The first-order valence-electron chi connectivity index (χ1n) is 7.84. The minimum absolute atomic E-state index is 0.00472. The largest absolute Gasteiger partial charge is 0.481 e. The third-order valence-electron chi connectivity index (χ3n) is 4.81. The average Bonchev–Trinajstić information content (AvgIpc) is 3.17. The fraction of sp³-hybridized carbons (Fsp3) is 0.500. The van der Waals surface area contributed by atoms with Crippen LogP contribution in [0.25, 0.3) is 5.57 Å². The summed E-state index contributed by atoms with van der Waals surface area (Å²) in [6.07, 6.45) is -1.12. The molecule has 2 aliphatic rings. The molecule has 142 valence electrons. The van der Waals surface area contributed by atoms with E-state index in [-0.39, 0.29) is 16.8 Å². The molecule has 2 unspecified atom stereocenters. The van der Waals surface area contributed by atoms with Crippen LogP contribution < -0.4 is 0 Å². The molecule has 0 spiro atoms. The normalized spacial score (nSPS) is 27.4. The van der Waals surface area contributed by atoms with E-state index in [0.717, 1.165) is 19.3 Å². The van der Waals surface area contributed by atoms with Crippen LogP contribution in [-0.4, -0.2) is 47.4 Å². The van der Waals surface area contributed by atoms with Crippen molar-refractivity contribution < 1.29 is 31.5 Å². The maximum absolute atomic E-state index is 14.0. The predicted octanol–water partition coefficient (Wildman–Crippen LogP) is 2.58. The summed E-state index contributed by atoms with van der Waals surface area (Å²) >= 11 is 0. The topological polar surface area (TPSA) is 100 Å². The molecule has 1 fully saturated rings. The number of nitrogens with zero attached hydrogens (tertiary/aromatic N) is 1. The van der Waals surface area contributed by atoms with E-state index in [1.807, 2.05) is 0 Å². The summed E-state index contributed by atoms with van der Waals surface area (Å²) in [5.41, 5.74) is -3.83. The second-order valence-corrected chi connectivity index (χ2v) is 9.06. The molecule has 0 radical (unpaired) electrons. The number of aliphatic carboxylic acids is 1. The molecule has 1 aromatic rings. The Morgan fingerprint density at radius 1 is 1.38 bits per heavy atom. The van der Waals surface area contributed by atoms with Crippen molar-refractivity contribution in [1.29, 1.82) is 0 Å². The van der Waals surface area contributed by atoms with E-state index in [0.29, 0.717) is 12.8 Å². The van der Waals surface area contributed by atoms with Gasteiger partial charge in [0.25, 0.3) is 0 Å². The second-order valence-electron chi connectivity index (χ2n) is 6.93. The molecule has 0 amide bonds. The number of carboxylic acid groups (broad SMARTS) is 1. The highest BCUT2D eigenvalue weighted by molar-refractivity contribution is 7.91. The molecule has 6 nitrogen and oxygen atoms in total. The number of hydrogen-bond acceptors (Lipinski definition) is 4. The smallest absolute Gasteiger partial charge is 0.417 e. The molecule has 2 N–H and O–H groups in total. The third kappa shape index (κ3) is 2.95. The number of sulfone groups is 1. The maximum atomic E-state index is 14.0. The van der Waals surface area contributed by atoms with Crippen LogP contribution in [0.1, 0.15) is 25.5 Å². The molecular weight excluding hydrogens is 373 g/mol. The summed E-state index contributed by atoms with van der Waals surface area (Å²) in [5, 5.41) is 14.0. The third-order valence-corrected chi connectivity index (χ3v) is 6.41. The van der Waals surface area contributed by atoms with Gasteiger partial charge in [-0.1, -0.05) is 6.08 Å². The predicted molar refractivity (Wildman–Crippen MR) is 86.7 cm³/mol. The van der Waals surface area contributed by atoms with Gasteiger partial charge in [0.15, 0.2) is 9.84 Å². The lowest BCUT2D eigenvalue weighted by molar-refractivity contribution is -0.145. The Labute approximate surface area is 147 Å². The van der Waals surface area contributed by atoms with Crippen molar-refractivity contribution in [2.45, 2.75) is 31.2 Å². The van der Waals surface area contributed by atoms with Gasteiger partial charge in [0.2, 0.25) is 0 Å². The minimum Gasteiger partial charge on any atom is -0.481 e. The molecule has 0 aliphatic heterocycles. The second kappa shape index (κ2) is 5.70. The van der Waals surface area contributed by atoms with Crippen LogP contribution in [0, 0.1) is 11.3 Å². The van der Waals surface area contributed by atoms with Crippen molar-refractivity contribution in [3.05, 3.63) is 35.2 Å². The molecule has 0 bridgehead atoms. The number of aromatic amines is 1. The Balaban J connectivity index is 2.41. The Morgan fingerprint density at radius 3 is 2.38 bits per heavy atom. The SMILES string of the molecule is CC1(C(=O)O)C=C(c2ccn[nH]2)C(C(F)(F)F)=C(C2CC2)C1S(C)(=O)=O. The Hall–Kier alpha value is -2.10. The molecule has 1 saturated carbocycles. The highest BCUT2D eigenvalue weighted by Crippen LogP contribution is 2.55. The van der Waals surface area contributed by atoms with Crippen molar-refractivity contribution in [2.24, 2.45) is 11.3 Å². The van der Waals surface area contributed by atoms with E-state index < -0.39 is 44.1 Å². The fourth-order valence-electron chi connectivity index (χ4n) is 3.65. The van der Waals surface area contributed by atoms with Gasteiger partial charge in [0.1, 0.15) is 10.7 Å². The Morgan fingerprint density at radius 2 is 2.00 bits per heavy atom.